The van der Waals surface area contributed by atoms with E-state index in [9.17, 15) is 0 Å². The average Bonchev–Trinajstić information content (AvgIpc) is 3.37. The molecule has 63 heavy (non-hydrogen) atoms. The van der Waals surface area contributed by atoms with E-state index in [1.54, 1.807) is 37.2 Å². The van der Waals surface area contributed by atoms with Crippen LogP contribution in [0.15, 0.2) is 219 Å². The average molecular weight is 817 g/mol. The van der Waals surface area contributed by atoms with Crippen molar-refractivity contribution in [1.29, 1.82) is 0 Å². The summed E-state index contributed by atoms with van der Waals surface area (Å²) in [6.45, 7) is 0. The van der Waals surface area contributed by atoms with E-state index in [4.69, 9.17) is 15.0 Å². The SMILES string of the molecule is c1ccc(N(c2ccc(-c3nc(-c4ccc(N(c5ccccn5)c5ccccn5)cc4)nc(-c4ccc(N(c5ccccn5)c5ccccn5)cc4)n3)cc2)c2ccccn2)nc1. The molecule has 7 aromatic heterocycles. The molecule has 0 saturated carbocycles. The van der Waals surface area contributed by atoms with E-state index in [-0.39, 0.29) is 0 Å². The molecule has 0 aliphatic rings. The fraction of sp³-hybridized carbons (Fsp3) is 0. The summed E-state index contributed by atoms with van der Waals surface area (Å²) < 4.78 is 0. The predicted molar refractivity (Wildman–Crippen MR) is 247 cm³/mol. The van der Waals surface area contributed by atoms with E-state index >= 15 is 0 Å². The minimum absolute atomic E-state index is 0.518. The molecule has 300 valence electrons. The maximum absolute atomic E-state index is 5.08. The molecular weight excluding hydrogens is 781 g/mol. The highest BCUT2D eigenvalue weighted by Crippen LogP contribution is 2.37. The molecule has 0 aliphatic heterocycles. The van der Waals surface area contributed by atoms with Gasteiger partial charge in [0.05, 0.1) is 0 Å². The van der Waals surface area contributed by atoms with Gasteiger partial charge < -0.3 is 0 Å². The Hall–Kier alpha value is -9.03. The van der Waals surface area contributed by atoms with Gasteiger partial charge in [-0.25, -0.2) is 44.9 Å². The molecule has 0 radical (unpaired) electrons. The summed E-state index contributed by atoms with van der Waals surface area (Å²) >= 11 is 0. The van der Waals surface area contributed by atoms with Crippen molar-refractivity contribution < 1.29 is 0 Å². The molecule has 0 bridgehead atoms. The number of rotatable bonds is 12. The van der Waals surface area contributed by atoms with Crippen LogP contribution in [0.4, 0.5) is 52.0 Å². The highest BCUT2D eigenvalue weighted by atomic mass is 15.3. The van der Waals surface area contributed by atoms with Crippen LogP contribution in [0.1, 0.15) is 0 Å². The summed E-state index contributed by atoms with van der Waals surface area (Å²) in [5.41, 5.74) is 5.08. The van der Waals surface area contributed by atoms with Crippen LogP contribution >= 0.6 is 0 Å². The molecular formula is C51H36N12. The topological polar surface area (TPSA) is 126 Å². The minimum Gasteiger partial charge on any atom is -0.279 e. The maximum Gasteiger partial charge on any atom is 0.164 e. The third kappa shape index (κ3) is 8.27. The third-order valence-corrected chi connectivity index (χ3v) is 10.1. The van der Waals surface area contributed by atoms with E-state index in [0.717, 1.165) is 68.7 Å². The van der Waals surface area contributed by atoms with Gasteiger partial charge in [-0.1, -0.05) is 36.4 Å². The van der Waals surface area contributed by atoms with Crippen LogP contribution in [-0.4, -0.2) is 44.9 Å². The zero-order valence-electron chi connectivity index (χ0n) is 33.7. The number of hydrogen-bond donors (Lipinski definition) is 0. The van der Waals surface area contributed by atoms with Gasteiger partial charge in [0.25, 0.3) is 0 Å². The van der Waals surface area contributed by atoms with Crippen molar-refractivity contribution in [2.45, 2.75) is 0 Å². The van der Waals surface area contributed by atoms with Crippen molar-refractivity contribution in [3.63, 3.8) is 0 Å². The summed E-state index contributed by atoms with van der Waals surface area (Å²) in [4.78, 5) is 49.1. The number of pyridine rings is 6. The number of benzene rings is 3. The summed E-state index contributed by atoms with van der Waals surface area (Å²) in [5, 5.41) is 0. The summed E-state index contributed by atoms with van der Waals surface area (Å²) in [7, 11) is 0. The van der Waals surface area contributed by atoms with E-state index in [1.807, 2.05) is 197 Å². The van der Waals surface area contributed by atoms with E-state index < -0.39 is 0 Å². The van der Waals surface area contributed by atoms with Crippen LogP contribution in [0.2, 0.25) is 0 Å². The monoisotopic (exact) mass is 816 g/mol. The predicted octanol–water partition coefficient (Wildman–Crippen LogP) is 11.7. The zero-order chi connectivity index (χ0) is 42.2. The van der Waals surface area contributed by atoms with Gasteiger partial charge in [0, 0.05) is 70.9 Å². The van der Waals surface area contributed by atoms with Gasteiger partial charge in [-0.15, -0.1) is 0 Å². The lowest BCUT2D eigenvalue weighted by atomic mass is 10.1. The molecule has 12 heteroatoms. The van der Waals surface area contributed by atoms with Crippen molar-refractivity contribution in [3.8, 4) is 34.2 Å². The van der Waals surface area contributed by atoms with Gasteiger partial charge >= 0.3 is 0 Å². The van der Waals surface area contributed by atoms with Gasteiger partial charge in [-0.2, -0.15) is 0 Å². The second-order valence-electron chi connectivity index (χ2n) is 14.1. The van der Waals surface area contributed by atoms with E-state index in [2.05, 4.69) is 29.9 Å². The van der Waals surface area contributed by atoms with Gasteiger partial charge in [-0.05, 0) is 146 Å². The quantitative estimate of drug-likeness (QED) is 0.116. The molecule has 10 aromatic rings. The molecule has 0 aliphatic carbocycles. The Morgan fingerprint density at radius 3 is 0.603 bits per heavy atom. The molecule has 10 rings (SSSR count). The van der Waals surface area contributed by atoms with Gasteiger partial charge in [-0.3, -0.25) is 14.7 Å². The Kier molecular flexibility index (Phi) is 10.7. The van der Waals surface area contributed by atoms with Crippen LogP contribution < -0.4 is 14.7 Å². The highest BCUT2D eigenvalue weighted by molar-refractivity contribution is 5.78. The Labute approximate surface area is 363 Å². The van der Waals surface area contributed by atoms with Crippen molar-refractivity contribution in [2.24, 2.45) is 0 Å². The lowest BCUT2D eigenvalue weighted by Crippen LogP contribution is -2.12. The summed E-state index contributed by atoms with van der Waals surface area (Å²) in [5.74, 6) is 6.02. The Balaban J connectivity index is 1.05. The Bertz CT molecular complexity index is 2560. The van der Waals surface area contributed by atoms with Gasteiger partial charge in [0.15, 0.2) is 17.5 Å². The van der Waals surface area contributed by atoms with Crippen molar-refractivity contribution >= 4 is 52.0 Å². The standard InChI is InChI=1S/C51H36N12/c1-7-31-52-43(13-1)61(44-14-2-8-32-53-44)40-25-19-37(20-26-40)49-58-50(38-21-27-41(28-22-38)62(45-15-3-9-33-54-45)46-16-4-10-34-55-46)60-51(59-49)39-23-29-42(30-24-39)63(47-17-5-11-35-56-47)48-18-6-12-36-57-48/h1-36H. The fourth-order valence-corrected chi connectivity index (χ4v) is 7.10. The summed E-state index contributed by atoms with van der Waals surface area (Å²) in [6.07, 6.45) is 10.6. The largest absolute Gasteiger partial charge is 0.279 e. The van der Waals surface area contributed by atoms with Gasteiger partial charge in [0.2, 0.25) is 0 Å². The lowest BCUT2D eigenvalue weighted by Gasteiger charge is -2.23. The molecule has 0 N–H and O–H groups in total. The molecule has 0 fully saturated rings. The maximum atomic E-state index is 5.08. The van der Waals surface area contributed by atoms with E-state index in [1.165, 1.54) is 0 Å². The van der Waals surface area contributed by atoms with Crippen LogP contribution in [0.3, 0.4) is 0 Å². The second-order valence-corrected chi connectivity index (χ2v) is 14.1. The molecule has 3 aromatic carbocycles. The molecule has 7 heterocycles. The zero-order valence-corrected chi connectivity index (χ0v) is 33.7. The minimum atomic E-state index is 0.518. The number of anilines is 9. The first-order chi connectivity index (χ1) is 31.2. The smallest absolute Gasteiger partial charge is 0.164 e. The van der Waals surface area contributed by atoms with Crippen molar-refractivity contribution in [1.82, 2.24) is 44.9 Å². The van der Waals surface area contributed by atoms with Crippen LogP contribution in [0.5, 0.6) is 0 Å². The molecule has 0 saturated heterocycles. The Morgan fingerprint density at radius 2 is 0.429 bits per heavy atom. The first kappa shape index (κ1) is 38.2. The van der Waals surface area contributed by atoms with Gasteiger partial charge in [0.1, 0.15) is 34.9 Å². The first-order valence-electron chi connectivity index (χ1n) is 20.2. The fourth-order valence-electron chi connectivity index (χ4n) is 7.10. The lowest BCUT2D eigenvalue weighted by molar-refractivity contribution is 1.07. The molecule has 0 atom stereocenters. The summed E-state index contributed by atoms with van der Waals surface area (Å²) in [6, 6.07) is 59.1. The van der Waals surface area contributed by atoms with Crippen LogP contribution in [-0.2, 0) is 0 Å². The Morgan fingerprint density at radius 1 is 0.222 bits per heavy atom. The number of aromatic nitrogens is 9. The molecule has 0 spiro atoms. The first-order valence-corrected chi connectivity index (χ1v) is 20.2. The normalized spacial score (nSPS) is 10.9. The van der Waals surface area contributed by atoms with Crippen LogP contribution in [0.25, 0.3) is 34.2 Å². The highest BCUT2D eigenvalue weighted by Gasteiger charge is 2.20. The number of nitrogens with zero attached hydrogens (tertiary/aromatic N) is 12. The van der Waals surface area contributed by atoms with E-state index in [0.29, 0.717) is 17.5 Å². The van der Waals surface area contributed by atoms with Crippen molar-refractivity contribution in [3.05, 3.63) is 219 Å². The third-order valence-electron chi connectivity index (χ3n) is 10.1. The number of hydrogen-bond acceptors (Lipinski definition) is 12. The second kappa shape index (κ2) is 17.7. The molecule has 0 unspecified atom stereocenters. The molecule has 0 amide bonds. The van der Waals surface area contributed by atoms with Crippen LogP contribution in [0, 0.1) is 0 Å². The van der Waals surface area contributed by atoms with Crippen molar-refractivity contribution in [2.75, 3.05) is 14.7 Å². The molecule has 12 nitrogen and oxygen atoms in total.